The van der Waals surface area contributed by atoms with Gasteiger partial charge in [0, 0.05) is 12.1 Å². The van der Waals surface area contributed by atoms with Crippen LogP contribution >= 0.6 is 0 Å². The molecule has 2 aromatic carbocycles. The normalized spacial score (nSPS) is 13.3. The van der Waals surface area contributed by atoms with Crippen LogP contribution in [0.25, 0.3) is 11.1 Å². The predicted molar refractivity (Wildman–Crippen MR) is 96.1 cm³/mol. The summed E-state index contributed by atoms with van der Waals surface area (Å²) in [6.45, 7) is 1.05. The molecule has 0 spiro atoms. The number of likely N-dealkylation sites (N-methyl/N-ethyl adjacent to an activating group) is 1. The minimum atomic E-state index is -0.653. The molecule has 6 heteroatoms. The molecule has 25 heavy (non-hydrogen) atoms. The average molecular weight is 345 g/mol. The highest BCUT2D eigenvalue weighted by molar-refractivity contribution is 5.95. The van der Waals surface area contributed by atoms with Gasteiger partial charge in [0.2, 0.25) is 0 Å². The zero-order chi connectivity index (χ0) is 18.2. The first-order chi connectivity index (χ1) is 12.1. The lowest BCUT2D eigenvalue weighted by atomic mass is 10.0. The fourth-order valence-corrected chi connectivity index (χ4v) is 2.78. The van der Waals surface area contributed by atoms with Crippen LogP contribution in [0.2, 0.25) is 0 Å². The first-order valence-corrected chi connectivity index (χ1v) is 8.21. The quantitative estimate of drug-likeness (QED) is 0.508. The van der Waals surface area contributed by atoms with Gasteiger partial charge >= 0.3 is 0 Å². The zero-order valence-electron chi connectivity index (χ0n) is 14.4. The van der Waals surface area contributed by atoms with Crippen molar-refractivity contribution in [3.05, 3.63) is 60.2 Å². The van der Waals surface area contributed by atoms with E-state index in [0.29, 0.717) is 5.56 Å². The van der Waals surface area contributed by atoms with Crippen molar-refractivity contribution in [3.8, 4) is 11.1 Å². The van der Waals surface area contributed by atoms with E-state index in [9.17, 15) is 14.4 Å². The lowest BCUT2D eigenvalue weighted by molar-refractivity contribution is 0.0406. The van der Waals surface area contributed by atoms with Gasteiger partial charge in [-0.2, -0.15) is 5.48 Å². The van der Waals surface area contributed by atoms with Crippen molar-refractivity contribution in [1.29, 1.82) is 0 Å². The third-order valence-electron chi connectivity index (χ3n) is 4.25. The second-order valence-electron chi connectivity index (χ2n) is 5.77. The third kappa shape index (κ3) is 4.63. The maximum Gasteiger partial charge on any atom is 0.254 e. The van der Waals surface area contributed by atoms with Gasteiger partial charge in [-0.05, 0) is 37.2 Å². The number of carbonyl (C=O) groups is 1. The molecule has 0 bridgehead atoms. The molecular weight excluding hydrogens is 321 g/mol. The number of nitrogens with zero attached hydrogens (tertiary/aromatic N) is 1. The van der Waals surface area contributed by atoms with Crippen LogP contribution in [-0.4, -0.2) is 48.5 Å². The SMILES string of the molecule is CNC(NO)C(C)N(CCF)C(=O)c1ccc(-c2ccccc2)cc1. The number of nitrogens with one attached hydrogen (secondary N) is 2. The standard InChI is InChI=1S/C19H24FN3O2/c1-14(18(21-2)22-25)23(13-12-20)19(24)17-10-8-16(9-11-17)15-6-4-3-5-7-15/h3-11,14,18,21-22,25H,12-13H2,1-2H3. The Morgan fingerprint density at radius 2 is 1.72 bits per heavy atom. The van der Waals surface area contributed by atoms with E-state index in [1.165, 1.54) is 4.90 Å². The maximum atomic E-state index is 12.9. The third-order valence-corrected chi connectivity index (χ3v) is 4.25. The van der Waals surface area contributed by atoms with Gasteiger partial charge < -0.3 is 15.4 Å². The monoisotopic (exact) mass is 345 g/mol. The molecule has 0 saturated heterocycles. The number of carbonyl (C=O) groups excluding carboxylic acids is 1. The van der Waals surface area contributed by atoms with E-state index < -0.39 is 18.9 Å². The lowest BCUT2D eigenvalue weighted by Crippen LogP contribution is -2.56. The van der Waals surface area contributed by atoms with E-state index in [-0.39, 0.29) is 12.5 Å². The molecule has 0 radical (unpaired) electrons. The summed E-state index contributed by atoms with van der Waals surface area (Å²) in [5, 5.41) is 12.0. The van der Waals surface area contributed by atoms with Crippen LogP contribution in [0.1, 0.15) is 17.3 Å². The number of alkyl halides is 1. The molecule has 1 amide bonds. The Hall–Kier alpha value is -2.28. The molecule has 134 valence electrons. The van der Waals surface area contributed by atoms with Gasteiger partial charge in [0.15, 0.2) is 0 Å². The topological polar surface area (TPSA) is 64.6 Å². The highest BCUT2D eigenvalue weighted by Gasteiger charge is 2.26. The summed E-state index contributed by atoms with van der Waals surface area (Å²) in [5.41, 5.74) is 4.65. The van der Waals surface area contributed by atoms with Crippen molar-refractivity contribution in [2.75, 3.05) is 20.3 Å². The van der Waals surface area contributed by atoms with Crippen molar-refractivity contribution in [1.82, 2.24) is 15.7 Å². The minimum Gasteiger partial charge on any atom is -0.330 e. The summed E-state index contributed by atoms with van der Waals surface area (Å²) >= 11 is 0. The lowest BCUT2D eigenvalue weighted by Gasteiger charge is -2.33. The van der Waals surface area contributed by atoms with Gasteiger partial charge in [-0.25, -0.2) is 4.39 Å². The van der Waals surface area contributed by atoms with E-state index in [1.54, 1.807) is 26.1 Å². The summed E-state index contributed by atoms with van der Waals surface area (Å²) in [6, 6.07) is 16.7. The molecule has 2 aromatic rings. The highest BCUT2D eigenvalue weighted by Crippen LogP contribution is 2.20. The van der Waals surface area contributed by atoms with Crippen LogP contribution in [0.3, 0.4) is 0 Å². The fourth-order valence-electron chi connectivity index (χ4n) is 2.78. The molecule has 0 saturated carbocycles. The highest BCUT2D eigenvalue weighted by atomic mass is 19.1. The number of amides is 1. The Labute approximate surface area is 147 Å². The van der Waals surface area contributed by atoms with E-state index in [4.69, 9.17) is 0 Å². The van der Waals surface area contributed by atoms with Gasteiger partial charge in [0.1, 0.15) is 12.8 Å². The molecule has 2 atom stereocenters. The van der Waals surface area contributed by atoms with Gasteiger partial charge in [-0.3, -0.25) is 4.79 Å². The van der Waals surface area contributed by atoms with Gasteiger partial charge in [0.25, 0.3) is 5.91 Å². The zero-order valence-corrected chi connectivity index (χ0v) is 14.4. The molecule has 5 nitrogen and oxygen atoms in total. The van der Waals surface area contributed by atoms with Gasteiger partial charge in [0.05, 0.1) is 6.04 Å². The van der Waals surface area contributed by atoms with E-state index in [1.807, 2.05) is 42.5 Å². The van der Waals surface area contributed by atoms with Crippen LogP contribution in [0.15, 0.2) is 54.6 Å². The van der Waals surface area contributed by atoms with Crippen molar-refractivity contribution in [2.24, 2.45) is 0 Å². The van der Waals surface area contributed by atoms with Gasteiger partial charge in [-0.15, -0.1) is 0 Å². The van der Waals surface area contributed by atoms with Crippen LogP contribution in [0.4, 0.5) is 4.39 Å². The van der Waals surface area contributed by atoms with Crippen molar-refractivity contribution in [2.45, 2.75) is 19.1 Å². The summed E-state index contributed by atoms with van der Waals surface area (Å²) in [7, 11) is 1.65. The Balaban J connectivity index is 2.21. The Bertz CT molecular complexity index is 660. The Morgan fingerprint density at radius 1 is 1.12 bits per heavy atom. The number of benzene rings is 2. The number of halogens is 1. The maximum absolute atomic E-state index is 12.9. The average Bonchev–Trinajstić information content (AvgIpc) is 2.67. The number of hydrogen-bond acceptors (Lipinski definition) is 4. The van der Waals surface area contributed by atoms with Crippen LogP contribution in [-0.2, 0) is 0 Å². The molecule has 0 fully saturated rings. The minimum absolute atomic E-state index is 0.0414. The molecule has 0 heterocycles. The Kier molecular flexibility index (Phi) is 7.06. The molecule has 0 aliphatic rings. The Morgan fingerprint density at radius 3 is 2.24 bits per heavy atom. The second-order valence-corrected chi connectivity index (χ2v) is 5.77. The molecule has 0 aliphatic heterocycles. The number of rotatable bonds is 8. The molecule has 0 aromatic heterocycles. The first kappa shape index (κ1) is 19.1. The molecule has 2 unspecified atom stereocenters. The largest absolute Gasteiger partial charge is 0.330 e. The van der Waals surface area contributed by atoms with Crippen LogP contribution in [0, 0.1) is 0 Å². The number of hydrogen-bond donors (Lipinski definition) is 3. The predicted octanol–water partition coefficient (Wildman–Crippen LogP) is 2.68. The summed E-state index contributed by atoms with van der Waals surface area (Å²) in [6.07, 6.45) is -0.556. The van der Waals surface area contributed by atoms with E-state index in [2.05, 4.69) is 10.8 Å². The van der Waals surface area contributed by atoms with Crippen molar-refractivity contribution >= 4 is 5.91 Å². The second kappa shape index (κ2) is 9.27. The van der Waals surface area contributed by atoms with Crippen LogP contribution in [0.5, 0.6) is 0 Å². The number of hydroxylamine groups is 1. The summed E-state index contributed by atoms with van der Waals surface area (Å²) in [5.74, 6) is -0.278. The van der Waals surface area contributed by atoms with Crippen LogP contribution < -0.4 is 10.8 Å². The van der Waals surface area contributed by atoms with Crippen molar-refractivity contribution in [3.63, 3.8) is 0 Å². The van der Waals surface area contributed by atoms with E-state index >= 15 is 0 Å². The van der Waals surface area contributed by atoms with Gasteiger partial charge in [-0.1, -0.05) is 42.5 Å². The molecule has 3 N–H and O–H groups in total. The molecular formula is C19H24FN3O2. The fraction of sp³-hybridized carbons (Fsp3) is 0.316. The smallest absolute Gasteiger partial charge is 0.254 e. The first-order valence-electron chi connectivity index (χ1n) is 8.21. The molecule has 2 rings (SSSR count). The van der Waals surface area contributed by atoms with Crippen molar-refractivity contribution < 1.29 is 14.4 Å². The van der Waals surface area contributed by atoms with E-state index in [0.717, 1.165) is 11.1 Å². The summed E-state index contributed by atoms with van der Waals surface area (Å²) < 4.78 is 12.9. The summed E-state index contributed by atoms with van der Waals surface area (Å²) in [4.78, 5) is 14.2. The molecule has 0 aliphatic carbocycles.